The Bertz CT molecular complexity index is 371. The Morgan fingerprint density at radius 2 is 2.25 bits per heavy atom. The maximum Gasteiger partial charge on any atom is 0.265 e. The predicted molar refractivity (Wildman–Crippen MR) is 71.9 cm³/mol. The molecule has 0 aliphatic heterocycles. The normalized spacial score (nSPS) is 9.50. The average Bonchev–Trinajstić information content (AvgIpc) is 2.52. The van der Waals surface area contributed by atoms with Crippen LogP contribution >= 0.6 is 39.7 Å². The highest BCUT2D eigenvalue weighted by atomic mass is 79.9. The molecular weight excluding hydrogens is 316 g/mol. The fourth-order valence-corrected chi connectivity index (χ4v) is 2.77. The van der Waals surface area contributed by atoms with Gasteiger partial charge in [0.2, 0.25) is 0 Å². The summed E-state index contributed by atoms with van der Waals surface area (Å²) in [6, 6.07) is 0. The summed E-state index contributed by atoms with van der Waals surface area (Å²) in [5, 5.41) is 2.71. The second-order valence-electron chi connectivity index (χ2n) is 2.88. The molecule has 0 fully saturated rings. The number of aryl methyl sites for hydroxylation is 1. The van der Waals surface area contributed by atoms with E-state index < -0.39 is 0 Å². The number of carbonyl (C=O) groups excluding carboxylic acids is 1. The summed E-state index contributed by atoms with van der Waals surface area (Å²) in [7, 11) is 1.55. The van der Waals surface area contributed by atoms with Gasteiger partial charge in [-0.05, 0) is 22.9 Å². The summed E-state index contributed by atoms with van der Waals surface area (Å²) < 4.78 is 6.01. The van der Waals surface area contributed by atoms with Gasteiger partial charge in [-0.25, -0.2) is 0 Å². The van der Waals surface area contributed by atoms with Crippen molar-refractivity contribution in [2.45, 2.75) is 6.92 Å². The third kappa shape index (κ3) is 3.35. The molecule has 0 aliphatic rings. The number of carbonyl (C=O) groups is 1. The Morgan fingerprint density at radius 1 is 1.62 bits per heavy atom. The fourth-order valence-electron chi connectivity index (χ4n) is 1.10. The first kappa shape index (κ1) is 15.7. The van der Waals surface area contributed by atoms with Crippen LogP contribution in [-0.2, 0) is 0 Å². The van der Waals surface area contributed by atoms with Gasteiger partial charge in [0.1, 0.15) is 4.88 Å². The molecule has 3 N–H and O–H groups in total. The molecule has 0 bridgehead atoms. The number of thiophene rings is 1. The third-order valence-electron chi connectivity index (χ3n) is 1.81. The highest BCUT2D eigenvalue weighted by molar-refractivity contribution is 9.10. The zero-order valence-corrected chi connectivity index (χ0v) is 12.2. The molecule has 4 nitrogen and oxygen atoms in total. The van der Waals surface area contributed by atoms with E-state index in [9.17, 15) is 4.79 Å². The van der Waals surface area contributed by atoms with E-state index in [1.807, 2.05) is 6.92 Å². The van der Waals surface area contributed by atoms with Crippen LogP contribution in [0.2, 0.25) is 0 Å². The smallest absolute Gasteiger partial charge is 0.265 e. The molecule has 7 heteroatoms. The summed E-state index contributed by atoms with van der Waals surface area (Å²) in [4.78, 5) is 13.3. The molecule has 92 valence electrons. The number of amides is 1. The number of hydrogen-bond donors (Lipinski definition) is 2. The van der Waals surface area contributed by atoms with Gasteiger partial charge in [0, 0.05) is 18.0 Å². The molecule has 0 aliphatic carbocycles. The molecule has 0 saturated heterocycles. The second kappa shape index (κ2) is 7.11. The number of ether oxygens (including phenoxy) is 1. The Hall–Kier alpha value is -0.300. The number of nitrogens with one attached hydrogen (secondary N) is 1. The van der Waals surface area contributed by atoms with Crippen LogP contribution < -0.4 is 15.8 Å². The Balaban J connectivity index is 0.00000225. The lowest BCUT2D eigenvalue weighted by molar-refractivity contribution is 0.0956. The van der Waals surface area contributed by atoms with Crippen LogP contribution in [0.5, 0.6) is 5.75 Å². The van der Waals surface area contributed by atoms with E-state index in [0.717, 1.165) is 9.35 Å². The van der Waals surface area contributed by atoms with E-state index in [2.05, 4.69) is 21.2 Å². The van der Waals surface area contributed by atoms with Crippen LogP contribution in [0.1, 0.15) is 14.5 Å². The SMILES string of the molecule is COc1c(C(=O)NCCN)sc(C)c1Br.Cl. The number of hydrogen-bond acceptors (Lipinski definition) is 4. The molecule has 1 amide bonds. The first-order valence-corrected chi connectivity index (χ1v) is 6.04. The minimum absolute atomic E-state index is 0. The van der Waals surface area contributed by atoms with E-state index in [1.165, 1.54) is 11.3 Å². The van der Waals surface area contributed by atoms with Crippen molar-refractivity contribution >= 4 is 45.6 Å². The Kier molecular flexibility index (Phi) is 6.98. The molecule has 0 atom stereocenters. The number of halogens is 2. The van der Waals surface area contributed by atoms with Crippen molar-refractivity contribution < 1.29 is 9.53 Å². The summed E-state index contributed by atoms with van der Waals surface area (Å²) in [5.41, 5.74) is 5.31. The molecule has 1 rings (SSSR count). The minimum Gasteiger partial charge on any atom is -0.494 e. The lowest BCUT2D eigenvalue weighted by atomic mass is 10.3. The zero-order chi connectivity index (χ0) is 11.4. The summed E-state index contributed by atoms with van der Waals surface area (Å²) in [6.07, 6.45) is 0. The monoisotopic (exact) mass is 328 g/mol. The molecule has 1 aromatic rings. The second-order valence-corrected chi connectivity index (χ2v) is 4.90. The first-order valence-electron chi connectivity index (χ1n) is 4.43. The maximum atomic E-state index is 11.7. The van der Waals surface area contributed by atoms with Crippen molar-refractivity contribution in [3.63, 3.8) is 0 Å². The van der Waals surface area contributed by atoms with Crippen LogP contribution in [0.4, 0.5) is 0 Å². The number of methoxy groups -OCH3 is 1. The van der Waals surface area contributed by atoms with Gasteiger partial charge in [-0.2, -0.15) is 0 Å². The fraction of sp³-hybridized carbons (Fsp3) is 0.444. The van der Waals surface area contributed by atoms with Crippen LogP contribution in [0.3, 0.4) is 0 Å². The van der Waals surface area contributed by atoms with Gasteiger partial charge in [-0.15, -0.1) is 23.7 Å². The van der Waals surface area contributed by atoms with Gasteiger partial charge >= 0.3 is 0 Å². The van der Waals surface area contributed by atoms with E-state index in [-0.39, 0.29) is 18.3 Å². The highest BCUT2D eigenvalue weighted by Gasteiger charge is 2.19. The molecule has 0 unspecified atom stereocenters. The summed E-state index contributed by atoms with van der Waals surface area (Å²) in [5.74, 6) is 0.447. The molecule has 1 aromatic heterocycles. The van der Waals surface area contributed by atoms with Crippen molar-refractivity contribution in [2.24, 2.45) is 5.73 Å². The molecular formula is C9H14BrClN2O2S. The van der Waals surface area contributed by atoms with Crippen molar-refractivity contribution in [3.05, 3.63) is 14.2 Å². The minimum atomic E-state index is -0.142. The van der Waals surface area contributed by atoms with Gasteiger partial charge in [0.25, 0.3) is 5.91 Å². The van der Waals surface area contributed by atoms with Crippen LogP contribution in [0, 0.1) is 6.92 Å². The van der Waals surface area contributed by atoms with Gasteiger partial charge in [0.05, 0.1) is 11.6 Å². The molecule has 0 saturated carbocycles. The maximum absolute atomic E-state index is 11.7. The summed E-state index contributed by atoms with van der Waals surface area (Å²) >= 11 is 4.78. The first-order chi connectivity index (χ1) is 7.11. The van der Waals surface area contributed by atoms with E-state index in [4.69, 9.17) is 10.5 Å². The largest absolute Gasteiger partial charge is 0.494 e. The third-order valence-corrected chi connectivity index (χ3v) is 4.11. The number of nitrogens with two attached hydrogens (primary N) is 1. The highest BCUT2D eigenvalue weighted by Crippen LogP contribution is 2.38. The van der Waals surface area contributed by atoms with Gasteiger partial charge < -0.3 is 15.8 Å². The standard InChI is InChI=1S/C9H13BrN2O2S.ClH/c1-5-6(10)7(14-2)8(15-5)9(13)12-4-3-11;/h3-4,11H2,1-2H3,(H,12,13);1H. The zero-order valence-electron chi connectivity index (χ0n) is 9.00. The number of rotatable bonds is 4. The Labute approximate surface area is 113 Å². The quantitative estimate of drug-likeness (QED) is 0.887. The molecule has 0 aromatic carbocycles. The lowest BCUT2D eigenvalue weighted by Gasteiger charge is -2.03. The molecule has 0 spiro atoms. The molecule has 0 radical (unpaired) electrons. The van der Waals surface area contributed by atoms with Crippen molar-refractivity contribution in [1.29, 1.82) is 0 Å². The van der Waals surface area contributed by atoms with Crippen LogP contribution in [0.15, 0.2) is 4.47 Å². The van der Waals surface area contributed by atoms with Crippen molar-refractivity contribution in [2.75, 3.05) is 20.2 Å². The van der Waals surface area contributed by atoms with Gasteiger partial charge in [-0.1, -0.05) is 0 Å². The van der Waals surface area contributed by atoms with Crippen molar-refractivity contribution in [3.8, 4) is 5.75 Å². The average molecular weight is 330 g/mol. The van der Waals surface area contributed by atoms with E-state index >= 15 is 0 Å². The lowest BCUT2D eigenvalue weighted by Crippen LogP contribution is -2.28. The molecule has 1 heterocycles. The van der Waals surface area contributed by atoms with E-state index in [0.29, 0.717) is 23.7 Å². The van der Waals surface area contributed by atoms with Gasteiger partial charge in [0.15, 0.2) is 5.75 Å². The molecule has 16 heavy (non-hydrogen) atoms. The predicted octanol–water partition coefficient (Wildman–Crippen LogP) is 1.94. The summed E-state index contributed by atoms with van der Waals surface area (Å²) in [6.45, 7) is 2.83. The van der Waals surface area contributed by atoms with Gasteiger partial charge in [-0.3, -0.25) is 4.79 Å². The van der Waals surface area contributed by atoms with Crippen LogP contribution in [-0.4, -0.2) is 26.1 Å². The Morgan fingerprint density at radius 3 is 2.75 bits per heavy atom. The topological polar surface area (TPSA) is 64.3 Å². The van der Waals surface area contributed by atoms with Crippen LogP contribution in [0.25, 0.3) is 0 Å². The van der Waals surface area contributed by atoms with Crippen molar-refractivity contribution in [1.82, 2.24) is 5.32 Å². The van der Waals surface area contributed by atoms with E-state index in [1.54, 1.807) is 7.11 Å².